The van der Waals surface area contributed by atoms with E-state index in [0.717, 1.165) is 0 Å². The number of nitrogens with zero attached hydrogens (tertiary/aromatic N) is 1. The third-order valence-corrected chi connectivity index (χ3v) is 3.39. The van der Waals surface area contributed by atoms with Gasteiger partial charge in [0.25, 0.3) is 0 Å². The van der Waals surface area contributed by atoms with E-state index in [1.807, 2.05) is 0 Å². The number of hydrogen-bond acceptors (Lipinski definition) is 5. The summed E-state index contributed by atoms with van der Waals surface area (Å²) in [5, 5.41) is 2.73. The summed E-state index contributed by atoms with van der Waals surface area (Å²) in [5.41, 5.74) is 0.475. The van der Waals surface area contributed by atoms with Crippen molar-refractivity contribution in [1.29, 1.82) is 0 Å². The maximum absolute atomic E-state index is 12.3. The van der Waals surface area contributed by atoms with Gasteiger partial charge in [0.1, 0.15) is 23.8 Å². The molecule has 0 unspecified atom stereocenters. The molecular formula is C17H20N2O5. The number of carbonyl (C=O) groups is 2. The molecular weight excluding hydrogens is 312 g/mol. The summed E-state index contributed by atoms with van der Waals surface area (Å²) >= 11 is 0. The summed E-state index contributed by atoms with van der Waals surface area (Å²) in [6.07, 6.45) is 1.52. The number of nitrogens with one attached hydrogen (secondary N) is 1. The standard InChI is InChI=1S/C17H20N2O5/c1-12(20)19(10-14-5-4-8-24-14)11-17(21)18-15-9-13(22-2)6-7-16(15)23-3/h4-9H,10-11H2,1-3H3,(H,18,21). The van der Waals surface area contributed by atoms with Crippen LogP contribution >= 0.6 is 0 Å². The molecule has 128 valence electrons. The van der Waals surface area contributed by atoms with Gasteiger partial charge in [0.05, 0.1) is 32.7 Å². The third-order valence-electron chi connectivity index (χ3n) is 3.39. The van der Waals surface area contributed by atoms with Crippen molar-refractivity contribution >= 4 is 17.5 Å². The average Bonchev–Trinajstić information content (AvgIpc) is 3.07. The first-order valence-corrected chi connectivity index (χ1v) is 7.33. The van der Waals surface area contributed by atoms with Gasteiger partial charge in [0.15, 0.2) is 0 Å². The highest BCUT2D eigenvalue weighted by Gasteiger charge is 2.17. The van der Waals surface area contributed by atoms with Gasteiger partial charge in [0, 0.05) is 13.0 Å². The zero-order chi connectivity index (χ0) is 17.5. The summed E-state index contributed by atoms with van der Waals surface area (Å²) in [7, 11) is 3.05. The summed E-state index contributed by atoms with van der Waals surface area (Å²) in [6, 6.07) is 8.56. The molecule has 1 N–H and O–H groups in total. The monoisotopic (exact) mass is 332 g/mol. The van der Waals surface area contributed by atoms with E-state index in [4.69, 9.17) is 13.9 Å². The predicted molar refractivity (Wildman–Crippen MR) is 88.0 cm³/mol. The van der Waals surface area contributed by atoms with Crippen molar-refractivity contribution in [2.75, 3.05) is 26.1 Å². The molecule has 0 saturated heterocycles. The fraction of sp³-hybridized carbons (Fsp3) is 0.294. The zero-order valence-electron chi connectivity index (χ0n) is 13.9. The van der Waals surface area contributed by atoms with Crippen LogP contribution in [0.2, 0.25) is 0 Å². The molecule has 0 spiro atoms. The van der Waals surface area contributed by atoms with Crippen LogP contribution in [0.3, 0.4) is 0 Å². The van der Waals surface area contributed by atoms with Crippen LogP contribution < -0.4 is 14.8 Å². The molecule has 1 aromatic heterocycles. The fourth-order valence-corrected chi connectivity index (χ4v) is 2.14. The van der Waals surface area contributed by atoms with Crippen molar-refractivity contribution in [3.05, 3.63) is 42.4 Å². The Kier molecular flexibility index (Phi) is 5.83. The van der Waals surface area contributed by atoms with E-state index in [9.17, 15) is 9.59 Å². The van der Waals surface area contributed by atoms with E-state index in [0.29, 0.717) is 22.9 Å². The number of methoxy groups -OCH3 is 2. The second-order valence-corrected chi connectivity index (χ2v) is 5.07. The molecule has 0 aliphatic heterocycles. The largest absolute Gasteiger partial charge is 0.497 e. The third kappa shape index (κ3) is 4.52. The number of carbonyl (C=O) groups excluding carboxylic acids is 2. The molecule has 0 atom stereocenters. The lowest BCUT2D eigenvalue weighted by atomic mass is 10.2. The molecule has 2 aromatic rings. The van der Waals surface area contributed by atoms with E-state index in [2.05, 4.69) is 5.32 Å². The van der Waals surface area contributed by atoms with E-state index < -0.39 is 0 Å². The molecule has 0 radical (unpaired) electrons. The molecule has 2 amide bonds. The molecule has 0 saturated carbocycles. The number of rotatable bonds is 7. The van der Waals surface area contributed by atoms with Crippen LogP contribution in [0, 0.1) is 0 Å². The number of ether oxygens (including phenoxy) is 2. The van der Waals surface area contributed by atoms with E-state index in [1.165, 1.54) is 32.3 Å². The van der Waals surface area contributed by atoms with Gasteiger partial charge >= 0.3 is 0 Å². The first kappa shape index (κ1) is 17.4. The lowest BCUT2D eigenvalue weighted by Crippen LogP contribution is -2.36. The van der Waals surface area contributed by atoms with Crippen molar-refractivity contribution in [2.24, 2.45) is 0 Å². The van der Waals surface area contributed by atoms with Crippen LogP contribution in [0.15, 0.2) is 41.0 Å². The summed E-state index contributed by atoms with van der Waals surface area (Å²) in [6.45, 7) is 1.53. The minimum Gasteiger partial charge on any atom is -0.497 e. The molecule has 7 heteroatoms. The van der Waals surface area contributed by atoms with Crippen LogP contribution in [0.25, 0.3) is 0 Å². The number of benzene rings is 1. The average molecular weight is 332 g/mol. The van der Waals surface area contributed by atoms with Crippen LogP contribution in [-0.2, 0) is 16.1 Å². The normalized spacial score (nSPS) is 10.1. The second-order valence-electron chi connectivity index (χ2n) is 5.07. The van der Waals surface area contributed by atoms with E-state index in [-0.39, 0.29) is 24.9 Å². The first-order chi connectivity index (χ1) is 11.5. The van der Waals surface area contributed by atoms with Gasteiger partial charge in [-0.1, -0.05) is 0 Å². The molecule has 0 fully saturated rings. The topological polar surface area (TPSA) is 81.0 Å². The number of anilines is 1. The number of hydrogen-bond donors (Lipinski definition) is 1. The van der Waals surface area contributed by atoms with E-state index >= 15 is 0 Å². The maximum Gasteiger partial charge on any atom is 0.244 e. The second kappa shape index (κ2) is 8.05. The van der Waals surface area contributed by atoms with Gasteiger partial charge in [-0.3, -0.25) is 9.59 Å². The molecule has 24 heavy (non-hydrogen) atoms. The quantitative estimate of drug-likeness (QED) is 0.841. The summed E-state index contributed by atoms with van der Waals surface area (Å²) in [4.78, 5) is 25.4. The van der Waals surface area contributed by atoms with Crippen LogP contribution in [-0.4, -0.2) is 37.5 Å². The number of amides is 2. The molecule has 7 nitrogen and oxygen atoms in total. The highest BCUT2D eigenvalue weighted by molar-refractivity contribution is 5.95. The lowest BCUT2D eigenvalue weighted by molar-refractivity contribution is -0.133. The van der Waals surface area contributed by atoms with Crippen molar-refractivity contribution in [3.63, 3.8) is 0 Å². The SMILES string of the molecule is COc1ccc(OC)c(NC(=O)CN(Cc2ccco2)C(C)=O)c1. The van der Waals surface area contributed by atoms with Crippen molar-refractivity contribution in [3.8, 4) is 11.5 Å². The Morgan fingerprint density at radius 1 is 1.21 bits per heavy atom. The Morgan fingerprint density at radius 3 is 2.58 bits per heavy atom. The lowest BCUT2D eigenvalue weighted by Gasteiger charge is -2.20. The van der Waals surface area contributed by atoms with Crippen molar-refractivity contribution < 1.29 is 23.5 Å². The molecule has 0 aliphatic carbocycles. The van der Waals surface area contributed by atoms with Gasteiger partial charge in [0.2, 0.25) is 11.8 Å². The predicted octanol–water partition coefficient (Wildman–Crippen LogP) is 2.28. The van der Waals surface area contributed by atoms with E-state index in [1.54, 1.807) is 30.3 Å². The van der Waals surface area contributed by atoms with Crippen LogP contribution in [0.4, 0.5) is 5.69 Å². The molecule has 1 aromatic carbocycles. The van der Waals surface area contributed by atoms with Crippen molar-refractivity contribution in [2.45, 2.75) is 13.5 Å². The van der Waals surface area contributed by atoms with Gasteiger partial charge in [-0.25, -0.2) is 0 Å². The maximum atomic E-state index is 12.3. The summed E-state index contributed by atoms with van der Waals surface area (Å²) < 4.78 is 15.6. The molecule has 0 bridgehead atoms. The minimum atomic E-state index is -0.344. The molecule has 1 heterocycles. The van der Waals surface area contributed by atoms with Crippen molar-refractivity contribution in [1.82, 2.24) is 4.90 Å². The van der Waals surface area contributed by atoms with Gasteiger partial charge in [-0.15, -0.1) is 0 Å². The Hall–Kier alpha value is -2.96. The Bertz CT molecular complexity index is 697. The van der Waals surface area contributed by atoms with Gasteiger partial charge < -0.3 is 24.1 Å². The zero-order valence-corrected chi connectivity index (χ0v) is 13.9. The van der Waals surface area contributed by atoms with Crippen LogP contribution in [0.5, 0.6) is 11.5 Å². The highest BCUT2D eigenvalue weighted by atomic mass is 16.5. The van der Waals surface area contributed by atoms with Gasteiger partial charge in [-0.05, 0) is 24.3 Å². The first-order valence-electron chi connectivity index (χ1n) is 7.33. The van der Waals surface area contributed by atoms with Gasteiger partial charge in [-0.2, -0.15) is 0 Å². The highest BCUT2D eigenvalue weighted by Crippen LogP contribution is 2.28. The molecule has 0 aliphatic rings. The Balaban J connectivity index is 2.06. The Morgan fingerprint density at radius 2 is 2.00 bits per heavy atom. The fourth-order valence-electron chi connectivity index (χ4n) is 2.14. The van der Waals surface area contributed by atoms with Crippen LogP contribution in [0.1, 0.15) is 12.7 Å². The smallest absolute Gasteiger partial charge is 0.244 e. The number of furan rings is 1. The molecule has 2 rings (SSSR count). The summed E-state index contributed by atoms with van der Waals surface area (Å²) in [5.74, 6) is 1.13. The Labute approximate surface area is 140 Å². The minimum absolute atomic E-state index is 0.101.